The van der Waals surface area contributed by atoms with E-state index < -0.39 is 20.0 Å². The highest BCUT2D eigenvalue weighted by atomic mass is 35.5. The van der Waals surface area contributed by atoms with Crippen LogP contribution in [0.2, 0.25) is 10.0 Å². The molecule has 10 heteroatoms. The first-order chi connectivity index (χ1) is 10.6. The van der Waals surface area contributed by atoms with Gasteiger partial charge in [-0.05, 0) is 43.4 Å². The third-order valence-electron chi connectivity index (χ3n) is 2.81. The summed E-state index contributed by atoms with van der Waals surface area (Å²) in [6.07, 6.45) is 0. The summed E-state index contributed by atoms with van der Waals surface area (Å²) in [6.45, 7) is 0. The van der Waals surface area contributed by atoms with Gasteiger partial charge in [0.1, 0.15) is 0 Å². The van der Waals surface area contributed by atoms with Gasteiger partial charge in [-0.1, -0.05) is 29.3 Å². The van der Waals surface area contributed by atoms with Crippen LogP contribution < -0.4 is 9.44 Å². The van der Waals surface area contributed by atoms with E-state index in [9.17, 15) is 16.8 Å². The van der Waals surface area contributed by atoms with Crippen LogP contribution in [0, 0.1) is 0 Å². The fourth-order valence-corrected chi connectivity index (χ4v) is 4.22. The average molecular weight is 395 g/mol. The Bertz CT molecular complexity index is 924. The second-order valence-electron chi connectivity index (χ2n) is 4.45. The number of anilines is 1. The van der Waals surface area contributed by atoms with Gasteiger partial charge in [-0.15, -0.1) is 0 Å². The van der Waals surface area contributed by atoms with E-state index in [0.717, 1.165) is 6.07 Å². The molecule has 0 fully saturated rings. The first-order valence-electron chi connectivity index (χ1n) is 6.16. The fourth-order valence-electron chi connectivity index (χ4n) is 1.75. The van der Waals surface area contributed by atoms with Gasteiger partial charge in [-0.25, -0.2) is 21.6 Å². The van der Waals surface area contributed by atoms with Crippen LogP contribution >= 0.6 is 23.2 Å². The van der Waals surface area contributed by atoms with Gasteiger partial charge in [0, 0.05) is 10.0 Å². The van der Waals surface area contributed by atoms with Crippen molar-refractivity contribution in [2.75, 3.05) is 11.8 Å². The number of halogens is 2. The Morgan fingerprint density at radius 3 is 1.87 bits per heavy atom. The maximum Gasteiger partial charge on any atom is 0.261 e. The highest BCUT2D eigenvalue weighted by Crippen LogP contribution is 2.25. The third-order valence-corrected chi connectivity index (χ3v) is 6.04. The predicted molar refractivity (Wildman–Crippen MR) is 90.0 cm³/mol. The third kappa shape index (κ3) is 4.36. The first-order valence-corrected chi connectivity index (χ1v) is 9.89. The van der Waals surface area contributed by atoms with Crippen LogP contribution in [-0.4, -0.2) is 23.9 Å². The van der Waals surface area contributed by atoms with E-state index in [-0.39, 0.29) is 25.5 Å². The van der Waals surface area contributed by atoms with Crippen molar-refractivity contribution >= 4 is 48.9 Å². The zero-order valence-corrected chi connectivity index (χ0v) is 14.9. The SMILES string of the molecule is CNS(=O)(=O)c1cccc(S(=O)(=O)Nc2cc(Cl)cc(Cl)c2)c1. The molecule has 0 unspecified atom stereocenters. The standard InChI is InChI=1S/C13H12Cl2N2O4S2/c1-16-22(18,19)12-3-2-4-13(8-12)23(20,21)17-11-6-9(14)5-10(15)7-11/h2-8,16-17H,1H3. The van der Waals surface area contributed by atoms with Crippen molar-refractivity contribution in [1.29, 1.82) is 0 Å². The van der Waals surface area contributed by atoms with Crippen LogP contribution in [0.25, 0.3) is 0 Å². The Kier molecular flexibility index (Phi) is 5.22. The Hall–Kier alpha value is -1.32. The minimum absolute atomic E-state index is 0.160. The van der Waals surface area contributed by atoms with Crippen LogP contribution in [0.5, 0.6) is 0 Å². The second-order valence-corrected chi connectivity index (χ2v) is 8.89. The van der Waals surface area contributed by atoms with Crippen molar-refractivity contribution in [3.8, 4) is 0 Å². The van der Waals surface area contributed by atoms with Gasteiger partial charge >= 0.3 is 0 Å². The highest BCUT2D eigenvalue weighted by molar-refractivity contribution is 7.93. The average Bonchev–Trinajstić information content (AvgIpc) is 2.46. The maximum atomic E-state index is 12.4. The van der Waals surface area contributed by atoms with E-state index in [1.165, 1.54) is 43.4 Å². The molecule has 0 saturated heterocycles. The topological polar surface area (TPSA) is 92.3 Å². The van der Waals surface area contributed by atoms with E-state index in [1.807, 2.05) is 0 Å². The molecule has 2 aromatic carbocycles. The molecule has 0 aliphatic heterocycles. The van der Waals surface area contributed by atoms with Crippen molar-refractivity contribution in [2.45, 2.75) is 9.79 Å². The van der Waals surface area contributed by atoms with Gasteiger partial charge in [0.05, 0.1) is 15.5 Å². The van der Waals surface area contributed by atoms with E-state index in [1.54, 1.807) is 0 Å². The molecule has 0 amide bonds. The van der Waals surface area contributed by atoms with Crippen LogP contribution in [-0.2, 0) is 20.0 Å². The van der Waals surface area contributed by atoms with Gasteiger partial charge in [0.25, 0.3) is 10.0 Å². The Morgan fingerprint density at radius 1 is 0.826 bits per heavy atom. The lowest BCUT2D eigenvalue weighted by Crippen LogP contribution is -2.19. The number of hydrogen-bond donors (Lipinski definition) is 2. The van der Waals surface area contributed by atoms with Crippen molar-refractivity contribution in [2.24, 2.45) is 0 Å². The van der Waals surface area contributed by atoms with Crippen molar-refractivity contribution in [1.82, 2.24) is 4.72 Å². The fraction of sp³-hybridized carbons (Fsp3) is 0.0769. The minimum Gasteiger partial charge on any atom is -0.280 e. The van der Waals surface area contributed by atoms with Crippen molar-refractivity contribution < 1.29 is 16.8 Å². The lowest BCUT2D eigenvalue weighted by Gasteiger charge is -2.10. The molecule has 2 aromatic rings. The zero-order valence-electron chi connectivity index (χ0n) is 11.7. The van der Waals surface area contributed by atoms with Crippen LogP contribution in [0.4, 0.5) is 5.69 Å². The molecule has 0 heterocycles. The smallest absolute Gasteiger partial charge is 0.261 e. The summed E-state index contributed by atoms with van der Waals surface area (Å²) < 4.78 is 52.7. The largest absolute Gasteiger partial charge is 0.280 e. The van der Waals surface area contributed by atoms with Gasteiger partial charge in [-0.3, -0.25) is 4.72 Å². The molecule has 6 nitrogen and oxygen atoms in total. The van der Waals surface area contributed by atoms with Crippen molar-refractivity contribution in [3.05, 3.63) is 52.5 Å². The number of rotatable bonds is 5. The zero-order chi connectivity index (χ0) is 17.3. The van der Waals surface area contributed by atoms with Gasteiger partial charge < -0.3 is 0 Å². The summed E-state index contributed by atoms with van der Waals surface area (Å²) in [4.78, 5) is -0.364. The quantitative estimate of drug-likeness (QED) is 0.814. The highest BCUT2D eigenvalue weighted by Gasteiger charge is 2.19. The monoisotopic (exact) mass is 394 g/mol. The van der Waals surface area contributed by atoms with E-state index in [2.05, 4.69) is 9.44 Å². The van der Waals surface area contributed by atoms with E-state index in [4.69, 9.17) is 23.2 Å². The minimum atomic E-state index is -4.00. The predicted octanol–water partition coefficient (Wildman–Crippen LogP) is 2.70. The summed E-state index contributed by atoms with van der Waals surface area (Å²) in [6, 6.07) is 9.20. The normalized spacial score (nSPS) is 12.1. The lowest BCUT2D eigenvalue weighted by atomic mass is 10.3. The molecule has 0 aliphatic rings. The molecule has 2 N–H and O–H groups in total. The molecule has 124 valence electrons. The number of benzene rings is 2. The summed E-state index contributed by atoms with van der Waals surface area (Å²) in [5.41, 5.74) is 0.171. The van der Waals surface area contributed by atoms with Gasteiger partial charge in [-0.2, -0.15) is 0 Å². The summed E-state index contributed by atoms with van der Waals surface area (Å²) in [5, 5.41) is 0.531. The van der Waals surface area contributed by atoms with Crippen molar-refractivity contribution in [3.63, 3.8) is 0 Å². The molecule has 0 aromatic heterocycles. The second kappa shape index (κ2) is 6.66. The molecule has 2 rings (SSSR count). The maximum absolute atomic E-state index is 12.4. The van der Waals surface area contributed by atoms with Crippen LogP contribution in [0.1, 0.15) is 0 Å². The first kappa shape index (κ1) is 18.0. The van der Waals surface area contributed by atoms with E-state index in [0.29, 0.717) is 0 Å². The molecule has 0 aliphatic carbocycles. The molecule has 0 bridgehead atoms. The Labute approximate surface area is 144 Å². The van der Waals surface area contributed by atoms with Crippen LogP contribution in [0.3, 0.4) is 0 Å². The lowest BCUT2D eigenvalue weighted by molar-refractivity contribution is 0.588. The number of sulfonamides is 2. The summed E-state index contributed by atoms with van der Waals surface area (Å²) >= 11 is 11.6. The number of nitrogens with one attached hydrogen (secondary N) is 2. The van der Waals surface area contributed by atoms with E-state index >= 15 is 0 Å². The number of hydrogen-bond acceptors (Lipinski definition) is 4. The summed E-state index contributed by atoms with van der Waals surface area (Å²) in [5.74, 6) is 0. The summed E-state index contributed by atoms with van der Waals surface area (Å²) in [7, 11) is -6.51. The molecule has 0 radical (unpaired) electrons. The molecular weight excluding hydrogens is 383 g/mol. The van der Waals surface area contributed by atoms with Gasteiger partial charge in [0.2, 0.25) is 10.0 Å². The molecule has 0 atom stereocenters. The molecule has 0 saturated carbocycles. The molecular formula is C13H12Cl2N2O4S2. The Morgan fingerprint density at radius 2 is 1.35 bits per heavy atom. The molecule has 0 spiro atoms. The Balaban J connectivity index is 2.42. The van der Waals surface area contributed by atoms with Gasteiger partial charge in [0.15, 0.2) is 0 Å². The van der Waals surface area contributed by atoms with Crippen LogP contribution in [0.15, 0.2) is 52.3 Å². The molecule has 23 heavy (non-hydrogen) atoms.